The number of carbonyl (C=O) groups excluding carboxylic acids is 1. The van der Waals surface area contributed by atoms with Crippen LogP contribution in [-0.2, 0) is 20.2 Å². The minimum absolute atomic E-state index is 0.0343. The summed E-state index contributed by atoms with van der Waals surface area (Å²) in [4.78, 5) is 12.4. The molecular formula is C21H20N4O3S2. The Labute approximate surface area is 178 Å². The van der Waals surface area contributed by atoms with Crippen molar-refractivity contribution in [3.63, 3.8) is 0 Å². The van der Waals surface area contributed by atoms with Crippen molar-refractivity contribution in [1.82, 2.24) is 0 Å². The van der Waals surface area contributed by atoms with Crippen molar-refractivity contribution < 1.29 is 13.2 Å². The number of benzene rings is 2. The molecule has 2 aromatic carbocycles. The summed E-state index contributed by atoms with van der Waals surface area (Å²) in [6, 6.07) is 16.1. The number of sulfonamides is 1. The first-order valence-electron chi connectivity index (χ1n) is 9.10. The molecule has 7 nitrogen and oxygen atoms in total. The van der Waals surface area contributed by atoms with Crippen LogP contribution in [0.3, 0.4) is 0 Å². The summed E-state index contributed by atoms with van der Waals surface area (Å²) in [7, 11) is -3.82. The minimum Gasteiger partial charge on any atom is -0.384 e. The molecule has 154 valence electrons. The molecule has 0 bridgehead atoms. The minimum atomic E-state index is -3.82. The van der Waals surface area contributed by atoms with Crippen LogP contribution >= 0.6 is 11.3 Å². The largest absolute Gasteiger partial charge is 0.384 e. The van der Waals surface area contributed by atoms with Crippen LogP contribution in [0.5, 0.6) is 0 Å². The Kier molecular flexibility index (Phi) is 4.76. The molecule has 1 saturated carbocycles. The van der Waals surface area contributed by atoms with Gasteiger partial charge in [-0.3, -0.25) is 10.2 Å². The zero-order valence-corrected chi connectivity index (χ0v) is 17.5. The fourth-order valence-corrected chi connectivity index (χ4v) is 5.84. The molecule has 7 N–H and O–H groups in total. The maximum Gasteiger partial charge on any atom is 0.248 e. The highest BCUT2D eigenvalue weighted by atomic mass is 32.2. The number of rotatable bonds is 6. The van der Waals surface area contributed by atoms with E-state index in [1.165, 1.54) is 0 Å². The number of primary amides is 1. The van der Waals surface area contributed by atoms with Gasteiger partial charge < -0.3 is 11.5 Å². The SMILES string of the molecule is N=C(N)c1cccc(C2CC2(C(N)=O)c2ccc(-c3ccsc3S(N)(=O)=O)cc2)c1. The van der Waals surface area contributed by atoms with E-state index in [1.807, 2.05) is 18.2 Å². The monoisotopic (exact) mass is 440 g/mol. The van der Waals surface area contributed by atoms with Crippen molar-refractivity contribution in [3.8, 4) is 11.1 Å². The fourth-order valence-electron chi connectivity index (χ4n) is 4.00. The standard InChI is InChI=1S/C21H20N4O3S2/c22-18(23)14-3-1-2-13(10-14)17-11-21(17,20(24)26)15-6-4-12(5-7-15)16-8-9-29-19(16)30(25,27)28/h1-10,17H,11H2,(H3,22,23)(H2,24,26)(H2,25,27,28). The van der Waals surface area contributed by atoms with Crippen LogP contribution < -0.4 is 16.6 Å². The van der Waals surface area contributed by atoms with Crippen LogP contribution in [0.25, 0.3) is 11.1 Å². The summed E-state index contributed by atoms with van der Waals surface area (Å²) in [5.74, 6) is -0.566. The Balaban J connectivity index is 1.70. The molecule has 0 aliphatic heterocycles. The van der Waals surface area contributed by atoms with E-state index < -0.39 is 21.3 Å². The normalized spacial score (nSPS) is 20.6. The Bertz CT molecular complexity index is 1270. The third-order valence-corrected chi connectivity index (χ3v) is 8.03. The van der Waals surface area contributed by atoms with Gasteiger partial charge in [0.05, 0.1) is 5.41 Å². The smallest absolute Gasteiger partial charge is 0.248 e. The van der Waals surface area contributed by atoms with Gasteiger partial charge in [-0.1, -0.05) is 42.5 Å². The molecule has 2 atom stereocenters. The average molecular weight is 441 g/mol. The van der Waals surface area contributed by atoms with Gasteiger partial charge in [0.2, 0.25) is 15.9 Å². The molecule has 0 radical (unpaired) electrons. The molecule has 9 heteroatoms. The van der Waals surface area contributed by atoms with E-state index in [9.17, 15) is 13.2 Å². The number of nitrogens with one attached hydrogen (secondary N) is 1. The van der Waals surface area contributed by atoms with Crippen LogP contribution in [0.15, 0.2) is 64.2 Å². The number of amides is 1. The number of hydrogen-bond acceptors (Lipinski definition) is 5. The lowest BCUT2D eigenvalue weighted by Gasteiger charge is -2.16. The lowest BCUT2D eigenvalue weighted by molar-refractivity contribution is -0.120. The summed E-state index contributed by atoms with van der Waals surface area (Å²) in [6.45, 7) is 0. The lowest BCUT2D eigenvalue weighted by Crippen LogP contribution is -2.30. The van der Waals surface area contributed by atoms with E-state index in [1.54, 1.807) is 41.8 Å². The Morgan fingerprint density at radius 2 is 1.80 bits per heavy atom. The topological polar surface area (TPSA) is 153 Å². The highest BCUT2D eigenvalue weighted by molar-refractivity contribution is 7.91. The van der Waals surface area contributed by atoms with E-state index in [2.05, 4.69) is 0 Å². The molecule has 1 amide bonds. The number of amidine groups is 1. The van der Waals surface area contributed by atoms with Crippen molar-refractivity contribution in [2.24, 2.45) is 16.6 Å². The molecule has 30 heavy (non-hydrogen) atoms. The molecule has 2 unspecified atom stereocenters. The first-order valence-corrected chi connectivity index (χ1v) is 11.5. The predicted octanol–water partition coefficient (Wildman–Crippen LogP) is 2.26. The third kappa shape index (κ3) is 3.30. The first-order chi connectivity index (χ1) is 14.1. The molecule has 0 spiro atoms. The van der Waals surface area contributed by atoms with Gasteiger partial charge in [-0.05, 0) is 40.6 Å². The van der Waals surface area contributed by atoms with Gasteiger partial charge in [0, 0.05) is 17.0 Å². The summed E-state index contributed by atoms with van der Waals surface area (Å²) >= 11 is 1.06. The number of hydrogen-bond donors (Lipinski definition) is 4. The quantitative estimate of drug-likeness (QED) is 0.343. The second-order valence-corrected chi connectivity index (χ2v) is 10.0. The number of nitrogen functional groups attached to an aromatic ring is 1. The van der Waals surface area contributed by atoms with Gasteiger partial charge in [0.25, 0.3) is 0 Å². The van der Waals surface area contributed by atoms with Crippen molar-refractivity contribution in [1.29, 1.82) is 5.41 Å². The molecule has 1 aliphatic rings. The van der Waals surface area contributed by atoms with Gasteiger partial charge in [0.15, 0.2) is 0 Å². The summed E-state index contributed by atoms with van der Waals surface area (Å²) < 4.78 is 23.7. The van der Waals surface area contributed by atoms with Gasteiger partial charge in [-0.15, -0.1) is 11.3 Å². The van der Waals surface area contributed by atoms with Gasteiger partial charge >= 0.3 is 0 Å². The molecule has 3 aromatic rings. The van der Waals surface area contributed by atoms with Crippen molar-refractivity contribution in [2.75, 3.05) is 0 Å². The lowest BCUT2D eigenvalue weighted by atomic mass is 9.88. The number of nitrogens with two attached hydrogens (primary N) is 3. The van der Waals surface area contributed by atoms with Crippen molar-refractivity contribution >= 4 is 33.1 Å². The van der Waals surface area contributed by atoms with Gasteiger partial charge in [-0.25, -0.2) is 13.6 Å². The highest BCUT2D eigenvalue weighted by Gasteiger charge is 2.60. The van der Waals surface area contributed by atoms with Crippen LogP contribution in [0, 0.1) is 5.41 Å². The van der Waals surface area contributed by atoms with Gasteiger partial charge in [0.1, 0.15) is 10.0 Å². The Hall–Kier alpha value is -3.01. The van der Waals surface area contributed by atoms with Crippen molar-refractivity contribution in [2.45, 2.75) is 22.0 Å². The van der Waals surface area contributed by atoms with Crippen LogP contribution in [0.4, 0.5) is 0 Å². The van der Waals surface area contributed by atoms with E-state index in [0.717, 1.165) is 22.5 Å². The molecule has 1 aliphatic carbocycles. The molecule has 4 rings (SSSR count). The maximum atomic E-state index is 12.4. The number of primary sulfonamides is 1. The average Bonchev–Trinajstić information content (AvgIpc) is 3.27. The van der Waals surface area contributed by atoms with E-state index in [-0.39, 0.29) is 16.0 Å². The zero-order chi connectivity index (χ0) is 21.7. The summed E-state index contributed by atoms with van der Waals surface area (Å²) in [5.41, 5.74) is 14.0. The molecular weight excluding hydrogens is 420 g/mol. The second kappa shape index (κ2) is 7.05. The van der Waals surface area contributed by atoms with E-state index in [4.69, 9.17) is 22.0 Å². The summed E-state index contributed by atoms with van der Waals surface area (Å²) in [5, 5.41) is 14.6. The molecule has 1 aromatic heterocycles. The summed E-state index contributed by atoms with van der Waals surface area (Å²) in [6.07, 6.45) is 0.559. The van der Waals surface area contributed by atoms with Crippen LogP contribution in [0.2, 0.25) is 0 Å². The van der Waals surface area contributed by atoms with Gasteiger partial charge in [-0.2, -0.15) is 0 Å². The fraction of sp³-hybridized carbons (Fsp3) is 0.143. The molecule has 1 fully saturated rings. The highest BCUT2D eigenvalue weighted by Crippen LogP contribution is 2.60. The van der Waals surface area contributed by atoms with Crippen LogP contribution in [-0.4, -0.2) is 20.2 Å². The van der Waals surface area contributed by atoms with E-state index >= 15 is 0 Å². The Morgan fingerprint density at radius 1 is 1.10 bits per heavy atom. The number of carbonyl (C=O) groups is 1. The molecule has 0 saturated heterocycles. The number of thiophene rings is 1. The first kappa shape index (κ1) is 20.3. The molecule has 1 heterocycles. The second-order valence-electron chi connectivity index (χ2n) is 7.38. The van der Waals surface area contributed by atoms with E-state index in [0.29, 0.717) is 23.1 Å². The zero-order valence-electron chi connectivity index (χ0n) is 15.8. The predicted molar refractivity (Wildman–Crippen MR) is 117 cm³/mol. The van der Waals surface area contributed by atoms with Crippen LogP contribution in [0.1, 0.15) is 29.0 Å². The maximum absolute atomic E-state index is 12.4. The third-order valence-electron chi connectivity index (χ3n) is 5.60. The van der Waals surface area contributed by atoms with Crippen molar-refractivity contribution in [3.05, 3.63) is 76.7 Å². The Morgan fingerprint density at radius 3 is 2.40 bits per heavy atom.